The van der Waals surface area contributed by atoms with E-state index >= 15 is 0 Å². The number of benzene rings is 2. The van der Waals surface area contributed by atoms with E-state index in [9.17, 15) is 4.79 Å². The second-order valence-electron chi connectivity index (χ2n) is 5.08. The van der Waals surface area contributed by atoms with E-state index in [2.05, 4.69) is 5.32 Å². The van der Waals surface area contributed by atoms with Crippen LogP contribution in [0.2, 0.25) is 5.02 Å². The SMILES string of the molecule is COc1ccc(OC)c(CC(=O)NCCc2ccc(Cl)cc2)c1. The number of amides is 1. The monoisotopic (exact) mass is 333 g/mol. The van der Waals surface area contributed by atoms with Gasteiger partial charge >= 0.3 is 0 Å². The molecule has 0 aliphatic carbocycles. The van der Waals surface area contributed by atoms with Crippen LogP contribution in [-0.2, 0) is 17.6 Å². The first-order chi connectivity index (χ1) is 11.1. The molecule has 0 heterocycles. The number of halogens is 1. The molecule has 0 bridgehead atoms. The summed E-state index contributed by atoms with van der Waals surface area (Å²) in [6.07, 6.45) is 1.01. The van der Waals surface area contributed by atoms with Crippen LogP contribution in [0.1, 0.15) is 11.1 Å². The highest BCUT2D eigenvalue weighted by Gasteiger charge is 2.10. The summed E-state index contributed by atoms with van der Waals surface area (Å²) in [6, 6.07) is 13.0. The molecule has 2 aromatic rings. The molecule has 1 amide bonds. The maximum absolute atomic E-state index is 12.1. The maximum Gasteiger partial charge on any atom is 0.224 e. The molecule has 0 unspecified atom stereocenters. The van der Waals surface area contributed by atoms with E-state index in [1.54, 1.807) is 26.4 Å². The number of nitrogens with one attached hydrogen (secondary N) is 1. The van der Waals surface area contributed by atoms with E-state index in [4.69, 9.17) is 21.1 Å². The van der Waals surface area contributed by atoms with E-state index in [1.165, 1.54) is 0 Å². The van der Waals surface area contributed by atoms with Crippen LogP contribution >= 0.6 is 11.6 Å². The molecule has 122 valence electrons. The maximum atomic E-state index is 12.1. The third-order valence-electron chi connectivity index (χ3n) is 3.49. The Bertz CT molecular complexity index is 656. The van der Waals surface area contributed by atoms with Crippen molar-refractivity contribution in [3.8, 4) is 11.5 Å². The molecule has 2 rings (SSSR count). The van der Waals surface area contributed by atoms with Gasteiger partial charge in [-0.25, -0.2) is 0 Å². The summed E-state index contributed by atoms with van der Waals surface area (Å²) in [4.78, 5) is 12.1. The third-order valence-corrected chi connectivity index (χ3v) is 3.74. The fourth-order valence-corrected chi connectivity index (χ4v) is 2.38. The smallest absolute Gasteiger partial charge is 0.224 e. The van der Waals surface area contributed by atoms with Gasteiger partial charge in [0.2, 0.25) is 5.91 Å². The van der Waals surface area contributed by atoms with Crippen LogP contribution in [0.3, 0.4) is 0 Å². The molecule has 23 heavy (non-hydrogen) atoms. The minimum atomic E-state index is -0.0504. The first-order valence-corrected chi connectivity index (χ1v) is 7.72. The van der Waals surface area contributed by atoms with Gasteiger partial charge in [-0.05, 0) is 42.3 Å². The average molecular weight is 334 g/mol. The van der Waals surface area contributed by atoms with Crippen molar-refractivity contribution in [2.75, 3.05) is 20.8 Å². The molecule has 0 spiro atoms. The Morgan fingerprint density at radius 3 is 2.48 bits per heavy atom. The first kappa shape index (κ1) is 17.2. The van der Waals surface area contributed by atoms with Crippen molar-refractivity contribution in [1.82, 2.24) is 5.32 Å². The molecule has 2 aromatic carbocycles. The van der Waals surface area contributed by atoms with Crippen molar-refractivity contribution in [3.63, 3.8) is 0 Å². The summed E-state index contributed by atoms with van der Waals surface area (Å²) in [5, 5.41) is 3.63. The standard InChI is InChI=1S/C18H20ClNO3/c1-22-16-7-8-17(23-2)14(11-16)12-18(21)20-10-9-13-3-5-15(19)6-4-13/h3-8,11H,9-10,12H2,1-2H3,(H,20,21). The van der Waals surface area contributed by atoms with Crippen LogP contribution in [0.4, 0.5) is 0 Å². The predicted octanol–water partition coefficient (Wildman–Crippen LogP) is 3.26. The molecular formula is C18H20ClNO3. The van der Waals surface area contributed by atoms with Gasteiger partial charge in [-0.2, -0.15) is 0 Å². The molecule has 4 nitrogen and oxygen atoms in total. The van der Waals surface area contributed by atoms with Crippen molar-refractivity contribution in [1.29, 1.82) is 0 Å². The Hall–Kier alpha value is -2.20. The number of carbonyl (C=O) groups is 1. The van der Waals surface area contributed by atoms with Crippen LogP contribution in [0.15, 0.2) is 42.5 Å². The average Bonchev–Trinajstić information content (AvgIpc) is 2.56. The van der Waals surface area contributed by atoms with Gasteiger partial charge in [-0.1, -0.05) is 23.7 Å². The summed E-state index contributed by atoms with van der Waals surface area (Å²) in [5.74, 6) is 1.33. The van der Waals surface area contributed by atoms with E-state index in [-0.39, 0.29) is 12.3 Å². The van der Waals surface area contributed by atoms with Gasteiger partial charge in [-0.15, -0.1) is 0 Å². The normalized spacial score (nSPS) is 10.2. The lowest BCUT2D eigenvalue weighted by Crippen LogP contribution is -2.27. The second-order valence-corrected chi connectivity index (χ2v) is 5.52. The van der Waals surface area contributed by atoms with Gasteiger partial charge in [0.1, 0.15) is 11.5 Å². The fourth-order valence-electron chi connectivity index (χ4n) is 2.25. The van der Waals surface area contributed by atoms with Gasteiger partial charge in [0.15, 0.2) is 0 Å². The zero-order chi connectivity index (χ0) is 16.7. The highest BCUT2D eigenvalue weighted by Crippen LogP contribution is 2.24. The number of ether oxygens (including phenoxy) is 2. The highest BCUT2D eigenvalue weighted by atomic mass is 35.5. The number of rotatable bonds is 7. The summed E-state index contributed by atoms with van der Waals surface area (Å²) in [7, 11) is 3.18. The second kappa shape index (κ2) is 8.44. The summed E-state index contributed by atoms with van der Waals surface area (Å²) in [5.41, 5.74) is 1.93. The van der Waals surface area contributed by atoms with Crippen LogP contribution < -0.4 is 14.8 Å². The Balaban J connectivity index is 1.88. The summed E-state index contributed by atoms with van der Waals surface area (Å²) in [6.45, 7) is 0.576. The van der Waals surface area contributed by atoms with Gasteiger partial charge in [0, 0.05) is 17.1 Å². The van der Waals surface area contributed by atoms with Gasteiger partial charge in [0.25, 0.3) is 0 Å². The Morgan fingerprint density at radius 1 is 1.09 bits per heavy atom. The minimum Gasteiger partial charge on any atom is -0.497 e. The Kier molecular flexibility index (Phi) is 6.29. The molecule has 0 fully saturated rings. The van der Waals surface area contributed by atoms with Crippen molar-refractivity contribution in [2.45, 2.75) is 12.8 Å². The lowest BCUT2D eigenvalue weighted by Gasteiger charge is -2.11. The van der Waals surface area contributed by atoms with Crippen LogP contribution in [-0.4, -0.2) is 26.7 Å². The van der Waals surface area contributed by atoms with E-state index in [0.29, 0.717) is 23.1 Å². The van der Waals surface area contributed by atoms with Gasteiger partial charge in [-0.3, -0.25) is 4.79 Å². The summed E-state index contributed by atoms with van der Waals surface area (Å²) < 4.78 is 10.5. The molecule has 1 N–H and O–H groups in total. The lowest BCUT2D eigenvalue weighted by molar-refractivity contribution is -0.120. The van der Waals surface area contributed by atoms with Gasteiger partial charge in [0.05, 0.1) is 20.6 Å². The van der Waals surface area contributed by atoms with Gasteiger partial charge < -0.3 is 14.8 Å². The molecule has 0 aliphatic rings. The van der Waals surface area contributed by atoms with Crippen molar-refractivity contribution in [2.24, 2.45) is 0 Å². The van der Waals surface area contributed by atoms with Crippen molar-refractivity contribution >= 4 is 17.5 Å². The molecule has 0 atom stereocenters. The number of hydrogen-bond acceptors (Lipinski definition) is 3. The molecule has 0 radical (unpaired) electrons. The van der Waals surface area contributed by atoms with Crippen LogP contribution in [0.5, 0.6) is 11.5 Å². The molecule has 0 saturated carbocycles. The number of methoxy groups -OCH3 is 2. The zero-order valence-corrected chi connectivity index (χ0v) is 14.0. The largest absolute Gasteiger partial charge is 0.497 e. The van der Waals surface area contributed by atoms with E-state index in [0.717, 1.165) is 17.5 Å². The first-order valence-electron chi connectivity index (χ1n) is 7.34. The number of hydrogen-bond donors (Lipinski definition) is 1. The molecule has 0 aromatic heterocycles. The van der Waals surface area contributed by atoms with Crippen molar-refractivity contribution < 1.29 is 14.3 Å². The molecular weight excluding hydrogens is 314 g/mol. The minimum absolute atomic E-state index is 0.0504. The van der Waals surface area contributed by atoms with Crippen LogP contribution in [0.25, 0.3) is 0 Å². The molecule has 5 heteroatoms. The molecule has 0 aliphatic heterocycles. The Labute approximate surface area is 141 Å². The fraction of sp³-hybridized carbons (Fsp3) is 0.278. The quantitative estimate of drug-likeness (QED) is 0.846. The lowest BCUT2D eigenvalue weighted by atomic mass is 10.1. The zero-order valence-electron chi connectivity index (χ0n) is 13.3. The van der Waals surface area contributed by atoms with Crippen molar-refractivity contribution in [3.05, 3.63) is 58.6 Å². The van der Waals surface area contributed by atoms with E-state index < -0.39 is 0 Å². The predicted molar refractivity (Wildman–Crippen MR) is 91.4 cm³/mol. The summed E-state index contributed by atoms with van der Waals surface area (Å²) >= 11 is 5.85. The molecule has 0 saturated heterocycles. The topological polar surface area (TPSA) is 47.6 Å². The third kappa shape index (κ3) is 5.18. The van der Waals surface area contributed by atoms with Crippen LogP contribution in [0, 0.1) is 0 Å². The highest BCUT2D eigenvalue weighted by molar-refractivity contribution is 6.30. The Morgan fingerprint density at radius 2 is 1.83 bits per heavy atom. The van der Waals surface area contributed by atoms with E-state index in [1.807, 2.05) is 30.3 Å². The number of carbonyl (C=O) groups excluding carboxylic acids is 1.